The van der Waals surface area contributed by atoms with Crippen LogP contribution >= 0.6 is 0 Å². The Balaban J connectivity index is 1.83. The summed E-state index contributed by atoms with van der Waals surface area (Å²) in [5.41, 5.74) is 9.14. The van der Waals surface area contributed by atoms with Crippen molar-refractivity contribution in [2.75, 3.05) is 5.23 Å². The number of nitrogens with one attached hydrogen (secondary N) is 1. The summed E-state index contributed by atoms with van der Waals surface area (Å²) in [6.45, 7) is 0.177. The van der Waals surface area contributed by atoms with Gasteiger partial charge >= 0.3 is 6.85 Å². The lowest BCUT2D eigenvalue weighted by Gasteiger charge is -2.26. The first kappa shape index (κ1) is 13.4. The quantitative estimate of drug-likeness (QED) is 0.524. The smallest absolute Gasteiger partial charge is 0.322 e. The van der Waals surface area contributed by atoms with Gasteiger partial charge in [0.05, 0.1) is 0 Å². The molecule has 0 amide bonds. The van der Waals surface area contributed by atoms with Crippen LogP contribution in [0, 0.1) is 0 Å². The van der Waals surface area contributed by atoms with E-state index in [1.807, 2.05) is 0 Å². The van der Waals surface area contributed by atoms with Gasteiger partial charge in [-0.3, -0.25) is 0 Å². The monoisotopic (exact) mass is 305 g/mol. The highest BCUT2D eigenvalue weighted by atomic mass is 14.8. The van der Waals surface area contributed by atoms with Gasteiger partial charge in [-0.2, -0.15) is 0 Å². The molecule has 2 aromatic rings. The molecule has 1 aliphatic heterocycles. The van der Waals surface area contributed by atoms with Gasteiger partial charge in [-0.25, -0.2) is 0 Å². The lowest BCUT2D eigenvalue weighted by molar-refractivity contribution is 1.61. The van der Waals surface area contributed by atoms with Crippen LogP contribution in [0.2, 0.25) is 0 Å². The number of hydrogen-bond acceptors (Lipinski definition) is 1. The molecule has 0 saturated carbocycles. The summed E-state index contributed by atoms with van der Waals surface area (Å²) in [4.78, 5) is 0. The first-order chi connectivity index (χ1) is 11.9. The minimum atomic E-state index is 0.177. The third-order valence-corrected chi connectivity index (χ3v) is 4.89. The molecule has 112 valence electrons. The number of anilines is 1. The van der Waals surface area contributed by atoms with E-state index >= 15 is 0 Å². The van der Waals surface area contributed by atoms with E-state index in [0.29, 0.717) is 0 Å². The van der Waals surface area contributed by atoms with Gasteiger partial charge in [-0.05, 0) is 34.3 Å². The van der Waals surface area contributed by atoms with Gasteiger partial charge in [-0.15, -0.1) is 0 Å². The van der Waals surface area contributed by atoms with Crippen LogP contribution in [-0.4, -0.2) is 6.85 Å². The fourth-order valence-corrected chi connectivity index (χ4v) is 3.81. The molecule has 0 saturated heterocycles. The van der Waals surface area contributed by atoms with Crippen LogP contribution < -0.4 is 16.2 Å². The lowest BCUT2D eigenvalue weighted by atomic mass is 9.47. The molecule has 24 heavy (non-hydrogen) atoms. The van der Waals surface area contributed by atoms with E-state index < -0.39 is 0 Å². The SMILES string of the molecule is c1ccc(B2Nc3ccccc3-c3cc4cccccc-4c32)cc1. The van der Waals surface area contributed by atoms with Gasteiger partial charge in [0, 0.05) is 11.3 Å². The Morgan fingerprint density at radius 2 is 1.25 bits per heavy atom. The molecule has 0 bridgehead atoms. The van der Waals surface area contributed by atoms with Crippen molar-refractivity contribution in [3.8, 4) is 22.3 Å². The summed E-state index contributed by atoms with van der Waals surface area (Å²) in [6.07, 6.45) is 0. The highest BCUT2D eigenvalue weighted by molar-refractivity contribution is 6.90. The van der Waals surface area contributed by atoms with Crippen LogP contribution in [0.15, 0.2) is 91.0 Å². The molecule has 1 heterocycles. The predicted octanol–water partition coefficient (Wildman–Crippen LogP) is 3.99. The van der Waals surface area contributed by atoms with Crippen molar-refractivity contribution in [1.29, 1.82) is 0 Å². The molecule has 5 rings (SSSR count). The number of rotatable bonds is 1. The molecule has 2 heteroatoms. The third-order valence-electron chi connectivity index (χ3n) is 4.89. The molecule has 0 unspecified atom stereocenters. The third kappa shape index (κ3) is 1.96. The van der Waals surface area contributed by atoms with E-state index in [4.69, 9.17) is 0 Å². The maximum Gasteiger partial charge on any atom is 0.322 e. The Kier molecular flexibility index (Phi) is 2.96. The van der Waals surface area contributed by atoms with Crippen LogP contribution in [0.1, 0.15) is 0 Å². The fraction of sp³-hybridized carbons (Fsp3) is 0. The highest BCUT2D eigenvalue weighted by Crippen LogP contribution is 2.37. The van der Waals surface area contributed by atoms with E-state index in [0.717, 1.165) is 0 Å². The molecular formula is C22H16BN. The van der Waals surface area contributed by atoms with E-state index in [1.54, 1.807) is 0 Å². The Bertz CT molecular complexity index is 994. The molecule has 2 aliphatic carbocycles. The van der Waals surface area contributed by atoms with Crippen LogP contribution in [0.3, 0.4) is 0 Å². The predicted molar refractivity (Wildman–Crippen MR) is 104 cm³/mol. The maximum absolute atomic E-state index is 3.76. The summed E-state index contributed by atoms with van der Waals surface area (Å²) in [6, 6.07) is 32.4. The summed E-state index contributed by atoms with van der Waals surface area (Å²) in [7, 11) is 0. The second-order valence-corrected chi connectivity index (χ2v) is 6.29. The van der Waals surface area contributed by atoms with Gasteiger partial charge in [0.15, 0.2) is 0 Å². The molecule has 0 spiro atoms. The molecule has 3 aliphatic rings. The Morgan fingerprint density at radius 1 is 0.583 bits per heavy atom. The first-order valence-electron chi connectivity index (χ1n) is 8.34. The molecular weight excluding hydrogens is 289 g/mol. The van der Waals surface area contributed by atoms with Crippen molar-refractivity contribution < 1.29 is 0 Å². The van der Waals surface area contributed by atoms with Crippen molar-refractivity contribution in [3.63, 3.8) is 0 Å². The Labute approximate surface area is 142 Å². The fourth-order valence-electron chi connectivity index (χ4n) is 3.81. The Morgan fingerprint density at radius 3 is 2.12 bits per heavy atom. The zero-order valence-corrected chi connectivity index (χ0v) is 13.2. The first-order valence-corrected chi connectivity index (χ1v) is 8.34. The zero-order valence-electron chi connectivity index (χ0n) is 13.2. The van der Waals surface area contributed by atoms with Crippen LogP contribution in [0.5, 0.6) is 0 Å². The average molecular weight is 305 g/mol. The number of para-hydroxylation sites is 1. The number of hydrogen-bond donors (Lipinski definition) is 1. The largest absolute Gasteiger partial charge is 0.420 e. The van der Waals surface area contributed by atoms with E-state index in [1.165, 1.54) is 38.9 Å². The second-order valence-electron chi connectivity index (χ2n) is 6.29. The molecule has 0 fully saturated rings. The normalized spacial score (nSPS) is 12.4. The van der Waals surface area contributed by atoms with E-state index in [2.05, 4.69) is 96.2 Å². The van der Waals surface area contributed by atoms with Crippen molar-refractivity contribution in [2.45, 2.75) is 0 Å². The Hall–Kier alpha value is -3.00. The average Bonchev–Trinajstić information content (AvgIpc) is 2.85. The molecule has 1 nitrogen and oxygen atoms in total. The second kappa shape index (κ2) is 5.28. The minimum absolute atomic E-state index is 0.177. The standard InChI is InChI=1S/C22H16BN/c1-3-9-16-15-20-19-13-7-8-14-21(19)24-23(17-10-4-2-5-11-17)22(20)18(16)12-6-1/h1-15,24H. The van der Waals surface area contributed by atoms with Crippen LogP contribution in [0.4, 0.5) is 5.69 Å². The molecule has 0 radical (unpaired) electrons. The molecule has 0 aromatic heterocycles. The van der Waals surface area contributed by atoms with Gasteiger partial charge in [0.1, 0.15) is 0 Å². The van der Waals surface area contributed by atoms with E-state index in [9.17, 15) is 0 Å². The maximum atomic E-state index is 3.76. The molecule has 2 aromatic carbocycles. The highest BCUT2D eigenvalue weighted by Gasteiger charge is 2.33. The lowest BCUT2D eigenvalue weighted by Crippen LogP contribution is -2.51. The van der Waals surface area contributed by atoms with E-state index in [-0.39, 0.29) is 6.85 Å². The number of benzene rings is 2. The minimum Gasteiger partial charge on any atom is -0.420 e. The van der Waals surface area contributed by atoms with Crippen LogP contribution in [-0.2, 0) is 0 Å². The zero-order chi connectivity index (χ0) is 15.9. The van der Waals surface area contributed by atoms with Crippen molar-refractivity contribution in [1.82, 2.24) is 0 Å². The van der Waals surface area contributed by atoms with Crippen molar-refractivity contribution in [3.05, 3.63) is 91.0 Å². The van der Waals surface area contributed by atoms with Gasteiger partial charge in [0.2, 0.25) is 0 Å². The summed E-state index contributed by atoms with van der Waals surface area (Å²) < 4.78 is 0. The molecule has 0 atom stereocenters. The summed E-state index contributed by atoms with van der Waals surface area (Å²) in [5, 5.41) is 3.76. The van der Waals surface area contributed by atoms with Crippen molar-refractivity contribution in [2.24, 2.45) is 0 Å². The van der Waals surface area contributed by atoms with Gasteiger partial charge in [0.25, 0.3) is 0 Å². The topological polar surface area (TPSA) is 12.0 Å². The van der Waals surface area contributed by atoms with Gasteiger partial charge < -0.3 is 5.23 Å². The van der Waals surface area contributed by atoms with Crippen LogP contribution in [0.25, 0.3) is 22.3 Å². The summed E-state index contributed by atoms with van der Waals surface area (Å²) in [5.74, 6) is 0. The van der Waals surface area contributed by atoms with Crippen molar-refractivity contribution >= 4 is 23.5 Å². The van der Waals surface area contributed by atoms with Gasteiger partial charge in [-0.1, -0.05) is 84.3 Å². The number of fused-ring (bicyclic) bond motifs is 5. The molecule has 1 N–H and O–H groups in total. The summed E-state index contributed by atoms with van der Waals surface area (Å²) >= 11 is 0.